The van der Waals surface area contributed by atoms with Crippen molar-refractivity contribution < 1.29 is 25.2 Å². The predicted molar refractivity (Wildman–Crippen MR) is 110 cm³/mol. The first-order valence-electron chi connectivity index (χ1n) is 11.8. The standard InChI is InChI=1S/C24H40O5/c1-13(4-7-21(28)29)16-5-6-17-22-18(12-20(27)24(16,17)3)23(2)9-8-15(25)10-14(23)11-19(22)26/h13-20,22,25-27H,4-12H2,1-3H3,(H,28,29)/t13?,14?,15-,16-,17+,18+,19-,20+,22?,23?,24?/m1/s1. The summed E-state index contributed by atoms with van der Waals surface area (Å²) in [6, 6.07) is 0. The molecule has 4 fully saturated rings. The van der Waals surface area contributed by atoms with Crippen LogP contribution in [0.4, 0.5) is 0 Å². The summed E-state index contributed by atoms with van der Waals surface area (Å²) in [5.74, 6) is 0.997. The third-order valence-electron chi connectivity index (χ3n) is 10.3. The van der Waals surface area contributed by atoms with Crippen LogP contribution >= 0.6 is 0 Å². The summed E-state index contributed by atoms with van der Waals surface area (Å²) in [4.78, 5) is 11.1. The largest absolute Gasteiger partial charge is 0.481 e. The van der Waals surface area contributed by atoms with Crippen LogP contribution in [0.3, 0.4) is 0 Å². The van der Waals surface area contributed by atoms with Gasteiger partial charge in [0.25, 0.3) is 0 Å². The molecule has 0 heterocycles. The van der Waals surface area contributed by atoms with Gasteiger partial charge in [0.1, 0.15) is 0 Å². The Hall–Kier alpha value is -0.650. The van der Waals surface area contributed by atoms with Crippen molar-refractivity contribution in [3.63, 3.8) is 0 Å². The Bertz CT molecular complexity index is 637. The molecule has 0 saturated heterocycles. The molecular weight excluding hydrogens is 368 g/mol. The number of aliphatic carboxylic acids is 1. The molecule has 4 saturated carbocycles. The zero-order valence-electron chi connectivity index (χ0n) is 18.3. The maximum atomic E-state index is 11.5. The lowest BCUT2D eigenvalue weighted by Gasteiger charge is -2.63. The molecule has 0 aliphatic heterocycles. The molecule has 5 unspecified atom stereocenters. The first-order chi connectivity index (χ1) is 13.6. The first kappa shape index (κ1) is 21.6. The van der Waals surface area contributed by atoms with Gasteiger partial charge in [-0.3, -0.25) is 4.79 Å². The van der Waals surface area contributed by atoms with E-state index in [1.807, 2.05) is 0 Å². The Morgan fingerprint density at radius 2 is 1.76 bits per heavy atom. The molecule has 0 aromatic rings. The van der Waals surface area contributed by atoms with E-state index in [0.29, 0.717) is 30.1 Å². The monoisotopic (exact) mass is 408 g/mol. The zero-order valence-corrected chi connectivity index (χ0v) is 18.3. The number of fused-ring (bicyclic) bond motifs is 5. The minimum atomic E-state index is -0.748. The van der Waals surface area contributed by atoms with Crippen molar-refractivity contribution >= 4 is 5.97 Å². The third kappa shape index (κ3) is 3.27. The van der Waals surface area contributed by atoms with E-state index in [4.69, 9.17) is 5.11 Å². The average Bonchev–Trinajstić information content (AvgIpc) is 3.01. The van der Waals surface area contributed by atoms with E-state index < -0.39 is 12.1 Å². The van der Waals surface area contributed by atoms with E-state index in [1.54, 1.807) is 0 Å². The summed E-state index contributed by atoms with van der Waals surface area (Å²) in [5, 5.41) is 42.0. The fraction of sp³-hybridized carbons (Fsp3) is 0.958. The summed E-state index contributed by atoms with van der Waals surface area (Å²) < 4.78 is 0. The molecule has 5 nitrogen and oxygen atoms in total. The van der Waals surface area contributed by atoms with Crippen molar-refractivity contribution in [2.75, 3.05) is 0 Å². The highest BCUT2D eigenvalue weighted by atomic mass is 16.4. The molecule has 0 aromatic carbocycles. The second-order valence-corrected chi connectivity index (χ2v) is 11.4. The lowest BCUT2D eigenvalue weighted by molar-refractivity contribution is -0.207. The molecule has 0 spiro atoms. The predicted octanol–water partition coefficient (Wildman–Crippen LogP) is 3.45. The Balaban J connectivity index is 1.61. The van der Waals surface area contributed by atoms with Gasteiger partial charge in [0.2, 0.25) is 0 Å². The smallest absolute Gasteiger partial charge is 0.303 e. The van der Waals surface area contributed by atoms with Gasteiger partial charge in [-0.15, -0.1) is 0 Å². The highest BCUT2D eigenvalue weighted by Crippen LogP contribution is 2.68. The van der Waals surface area contributed by atoms with Crippen LogP contribution in [0.5, 0.6) is 0 Å². The lowest BCUT2D eigenvalue weighted by Crippen LogP contribution is -2.62. The molecule has 4 aliphatic rings. The summed E-state index contributed by atoms with van der Waals surface area (Å²) in [5.41, 5.74) is -0.143. The number of hydrogen-bond donors (Lipinski definition) is 4. The number of carboxylic acids is 1. The number of aliphatic hydroxyl groups excluding tert-OH is 3. The van der Waals surface area contributed by atoms with Gasteiger partial charge in [-0.1, -0.05) is 20.8 Å². The Morgan fingerprint density at radius 1 is 1.03 bits per heavy atom. The van der Waals surface area contributed by atoms with E-state index in [2.05, 4.69) is 20.8 Å². The maximum absolute atomic E-state index is 11.5. The van der Waals surface area contributed by atoms with Crippen LogP contribution in [0.15, 0.2) is 0 Å². The van der Waals surface area contributed by atoms with Crippen LogP contribution in [0.25, 0.3) is 0 Å². The molecule has 0 aromatic heterocycles. The second-order valence-electron chi connectivity index (χ2n) is 11.4. The third-order valence-corrected chi connectivity index (χ3v) is 10.3. The van der Waals surface area contributed by atoms with Gasteiger partial charge < -0.3 is 20.4 Å². The zero-order chi connectivity index (χ0) is 21.1. The van der Waals surface area contributed by atoms with E-state index >= 15 is 0 Å². The highest BCUT2D eigenvalue weighted by Gasteiger charge is 2.65. The highest BCUT2D eigenvalue weighted by molar-refractivity contribution is 5.66. The van der Waals surface area contributed by atoms with Gasteiger partial charge in [-0.2, -0.15) is 0 Å². The number of aliphatic hydroxyl groups is 3. The van der Waals surface area contributed by atoms with Crippen LogP contribution in [0.1, 0.15) is 78.6 Å². The number of hydrogen-bond acceptors (Lipinski definition) is 4. The summed E-state index contributed by atoms with van der Waals surface area (Å²) in [6.45, 7) is 6.72. The Morgan fingerprint density at radius 3 is 2.45 bits per heavy atom. The van der Waals surface area contributed by atoms with E-state index in [-0.39, 0.29) is 41.3 Å². The second kappa shape index (κ2) is 7.49. The topological polar surface area (TPSA) is 98.0 Å². The quantitative estimate of drug-likeness (QED) is 0.571. The van der Waals surface area contributed by atoms with Crippen molar-refractivity contribution in [1.29, 1.82) is 0 Å². The van der Waals surface area contributed by atoms with Crippen LogP contribution in [-0.2, 0) is 4.79 Å². The lowest BCUT2D eigenvalue weighted by atomic mass is 9.43. The minimum absolute atomic E-state index is 0.0957. The molecule has 166 valence electrons. The molecule has 0 amide bonds. The van der Waals surface area contributed by atoms with Gasteiger partial charge in [-0.05, 0) is 97.7 Å². The summed E-state index contributed by atoms with van der Waals surface area (Å²) >= 11 is 0. The van der Waals surface area contributed by atoms with Gasteiger partial charge in [0, 0.05) is 6.42 Å². The molecule has 4 N–H and O–H groups in total. The van der Waals surface area contributed by atoms with E-state index in [9.17, 15) is 20.1 Å². The molecule has 0 bridgehead atoms. The Labute approximate surface area is 174 Å². The van der Waals surface area contributed by atoms with Gasteiger partial charge in [0.15, 0.2) is 0 Å². The minimum Gasteiger partial charge on any atom is -0.481 e. The first-order valence-corrected chi connectivity index (χ1v) is 11.8. The van der Waals surface area contributed by atoms with Crippen LogP contribution in [0, 0.1) is 46.3 Å². The fourth-order valence-corrected chi connectivity index (χ4v) is 8.68. The molecular formula is C24H40O5. The van der Waals surface area contributed by atoms with Gasteiger partial charge in [-0.25, -0.2) is 0 Å². The van der Waals surface area contributed by atoms with Gasteiger partial charge in [0.05, 0.1) is 18.3 Å². The van der Waals surface area contributed by atoms with Crippen molar-refractivity contribution in [2.45, 2.75) is 96.9 Å². The van der Waals surface area contributed by atoms with E-state index in [1.165, 1.54) is 0 Å². The normalized spacial score (nSPS) is 52.9. The SMILES string of the molecule is CC(CCC(=O)O)[C@H]1CC[C@H]2C3[C@H](O)CC4C[C@H](O)CCC4(C)[C@H]3C[C@H](O)C12C. The maximum Gasteiger partial charge on any atom is 0.303 e. The van der Waals surface area contributed by atoms with Crippen LogP contribution in [0.2, 0.25) is 0 Å². The Kier molecular flexibility index (Phi) is 5.57. The number of carbonyl (C=O) groups is 1. The molecule has 0 radical (unpaired) electrons. The average molecular weight is 409 g/mol. The fourth-order valence-electron chi connectivity index (χ4n) is 8.68. The van der Waals surface area contributed by atoms with Crippen molar-refractivity contribution in [2.24, 2.45) is 46.3 Å². The van der Waals surface area contributed by atoms with Crippen LogP contribution in [-0.4, -0.2) is 44.7 Å². The van der Waals surface area contributed by atoms with Crippen LogP contribution < -0.4 is 0 Å². The van der Waals surface area contributed by atoms with Crippen molar-refractivity contribution in [3.8, 4) is 0 Å². The van der Waals surface area contributed by atoms with E-state index in [0.717, 1.165) is 44.9 Å². The molecule has 4 rings (SSSR count). The number of rotatable bonds is 4. The molecule has 29 heavy (non-hydrogen) atoms. The van der Waals surface area contributed by atoms with Gasteiger partial charge >= 0.3 is 5.97 Å². The molecule has 5 heteroatoms. The number of carboxylic acid groups (broad SMARTS) is 1. The van der Waals surface area contributed by atoms with Crippen molar-refractivity contribution in [3.05, 3.63) is 0 Å². The molecule has 4 aliphatic carbocycles. The van der Waals surface area contributed by atoms with Crippen molar-refractivity contribution in [1.82, 2.24) is 0 Å². The molecule has 11 atom stereocenters. The summed E-state index contributed by atoms with van der Waals surface area (Å²) in [6.07, 6.45) is 6.00. The summed E-state index contributed by atoms with van der Waals surface area (Å²) in [7, 11) is 0.